The molecule has 1 aliphatic carbocycles. The third-order valence-electron chi connectivity index (χ3n) is 4.33. The van der Waals surface area contributed by atoms with Crippen molar-refractivity contribution in [3.63, 3.8) is 0 Å². The minimum absolute atomic E-state index is 0.323. The molecule has 2 aromatic rings. The summed E-state index contributed by atoms with van der Waals surface area (Å²) in [7, 11) is 0. The lowest BCUT2D eigenvalue weighted by Crippen LogP contribution is -2.32. The minimum atomic E-state index is -1.02. The van der Waals surface area contributed by atoms with Gasteiger partial charge in [0.05, 0.1) is 12.5 Å². The topological polar surface area (TPSA) is 52.6 Å². The molecule has 0 bridgehead atoms. The number of ether oxygens (including phenoxy) is 2. The molecule has 3 rings (SSSR count). The highest BCUT2D eigenvalue weighted by Crippen LogP contribution is 2.46. The zero-order chi connectivity index (χ0) is 16.9. The largest absolute Gasteiger partial charge is 0.463 e. The molecule has 1 unspecified atom stereocenters. The molecule has 1 atom stereocenters. The summed E-state index contributed by atoms with van der Waals surface area (Å²) in [6, 6.07) is 15.7. The molecule has 0 heterocycles. The number of benzene rings is 2. The first-order chi connectivity index (χ1) is 11.8. The molecule has 0 saturated heterocycles. The van der Waals surface area contributed by atoms with E-state index in [1.165, 1.54) is 6.47 Å². The number of carbonyl (C=O) groups excluding carboxylic acids is 2. The predicted molar refractivity (Wildman–Crippen MR) is 90.2 cm³/mol. The maximum Gasteiger partial charge on any atom is 0.418 e. The van der Waals surface area contributed by atoms with E-state index in [0.717, 1.165) is 35.1 Å². The van der Waals surface area contributed by atoms with Gasteiger partial charge in [-0.25, -0.2) is 9.59 Å². The summed E-state index contributed by atoms with van der Waals surface area (Å²) in [5.74, 6) is -0.892. The molecule has 0 N–H and O–H groups in total. The molecule has 0 aromatic heterocycles. The molecule has 0 fully saturated rings. The Morgan fingerprint density at radius 1 is 1.08 bits per heavy atom. The Labute approximate surface area is 141 Å². The summed E-state index contributed by atoms with van der Waals surface area (Å²) in [4.78, 5) is 23.4. The Kier molecular flexibility index (Phi) is 4.94. The molecule has 123 valence electrons. The highest BCUT2D eigenvalue weighted by molar-refractivity contribution is 5.85. The summed E-state index contributed by atoms with van der Waals surface area (Å²) < 4.78 is 10.3. The number of rotatable bonds is 7. The van der Waals surface area contributed by atoms with Crippen LogP contribution in [0.5, 0.6) is 0 Å². The van der Waals surface area contributed by atoms with Crippen LogP contribution >= 0.6 is 0 Å². The molecular weight excluding hydrogens is 304 g/mol. The third kappa shape index (κ3) is 2.92. The fourth-order valence-corrected chi connectivity index (χ4v) is 3.22. The summed E-state index contributed by atoms with van der Waals surface area (Å²) in [6.45, 7) is 3.77. The standard InChI is InChI=1S/C20H19O4/c1-2-3-12-23-20(22)19(24-13-21)18-16-10-6-4-8-14(16)15-9-5-7-11-17(15)18/h4-11,18-19H,2-3,12H2,1H3. The molecule has 0 amide bonds. The van der Waals surface area contributed by atoms with Crippen molar-refractivity contribution >= 4 is 12.4 Å². The van der Waals surface area contributed by atoms with E-state index < -0.39 is 12.1 Å². The van der Waals surface area contributed by atoms with Gasteiger partial charge in [0.25, 0.3) is 0 Å². The minimum Gasteiger partial charge on any atom is -0.463 e. The monoisotopic (exact) mass is 323 g/mol. The second-order valence-electron chi connectivity index (χ2n) is 5.80. The Balaban J connectivity index is 1.98. The fraction of sp³-hybridized carbons (Fsp3) is 0.300. The first-order valence-electron chi connectivity index (χ1n) is 8.15. The Hall–Kier alpha value is -2.62. The van der Waals surface area contributed by atoms with Crippen LogP contribution in [0.15, 0.2) is 48.5 Å². The van der Waals surface area contributed by atoms with Crippen LogP contribution in [0.3, 0.4) is 0 Å². The van der Waals surface area contributed by atoms with Gasteiger partial charge in [-0.3, -0.25) is 0 Å². The molecule has 2 aromatic carbocycles. The van der Waals surface area contributed by atoms with Crippen molar-refractivity contribution in [1.29, 1.82) is 0 Å². The second-order valence-corrected chi connectivity index (χ2v) is 5.80. The fourth-order valence-electron chi connectivity index (χ4n) is 3.22. The molecule has 0 aliphatic heterocycles. The van der Waals surface area contributed by atoms with E-state index in [1.807, 2.05) is 55.5 Å². The van der Waals surface area contributed by atoms with Crippen molar-refractivity contribution < 1.29 is 19.1 Å². The summed E-state index contributed by atoms with van der Waals surface area (Å²) in [5.41, 5.74) is 4.04. The van der Waals surface area contributed by atoms with Gasteiger partial charge in [0.15, 0.2) is 0 Å². The summed E-state index contributed by atoms with van der Waals surface area (Å²) >= 11 is 0. The third-order valence-corrected chi connectivity index (χ3v) is 4.33. The van der Waals surface area contributed by atoms with Crippen LogP contribution < -0.4 is 0 Å². The summed E-state index contributed by atoms with van der Waals surface area (Å²) in [5, 5.41) is 0. The molecule has 1 radical (unpaired) electrons. The Bertz CT molecular complexity index is 692. The smallest absolute Gasteiger partial charge is 0.418 e. The van der Waals surface area contributed by atoms with Crippen LogP contribution in [-0.2, 0) is 19.1 Å². The molecule has 24 heavy (non-hydrogen) atoms. The first-order valence-corrected chi connectivity index (χ1v) is 8.15. The Morgan fingerprint density at radius 2 is 1.67 bits per heavy atom. The number of fused-ring (bicyclic) bond motifs is 3. The van der Waals surface area contributed by atoms with Gasteiger partial charge >= 0.3 is 12.4 Å². The van der Waals surface area contributed by atoms with Crippen molar-refractivity contribution in [2.75, 3.05) is 6.61 Å². The SMILES string of the molecule is CCCCOC(=O)C(O[C]=O)C1c2ccccc2-c2ccccc21. The van der Waals surface area contributed by atoms with E-state index in [1.54, 1.807) is 0 Å². The van der Waals surface area contributed by atoms with Crippen molar-refractivity contribution in [2.24, 2.45) is 0 Å². The van der Waals surface area contributed by atoms with Crippen LogP contribution in [0.1, 0.15) is 36.8 Å². The predicted octanol–water partition coefficient (Wildman–Crippen LogP) is 3.59. The van der Waals surface area contributed by atoms with Gasteiger partial charge in [0.2, 0.25) is 6.10 Å². The van der Waals surface area contributed by atoms with E-state index in [4.69, 9.17) is 9.47 Å². The van der Waals surface area contributed by atoms with E-state index in [2.05, 4.69) is 0 Å². The quantitative estimate of drug-likeness (QED) is 0.577. The first kappa shape index (κ1) is 16.2. The van der Waals surface area contributed by atoms with Gasteiger partial charge < -0.3 is 9.47 Å². The van der Waals surface area contributed by atoms with Crippen LogP contribution in [-0.4, -0.2) is 25.2 Å². The average molecular weight is 323 g/mol. The van der Waals surface area contributed by atoms with Crippen LogP contribution in [0.4, 0.5) is 0 Å². The maximum atomic E-state index is 12.5. The lowest BCUT2D eigenvalue weighted by molar-refractivity contribution is -0.153. The van der Waals surface area contributed by atoms with Crippen LogP contribution in [0.2, 0.25) is 0 Å². The number of hydrogen-bond acceptors (Lipinski definition) is 4. The number of unbranched alkanes of at least 4 members (excludes halogenated alkanes) is 1. The van der Waals surface area contributed by atoms with Gasteiger partial charge in [-0.15, -0.1) is 0 Å². The molecule has 4 nitrogen and oxygen atoms in total. The van der Waals surface area contributed by atoms with Gasteiger partial charge in [-0.05, 0) is 28.7 Å². The zero-order valence-corrected chi connectivity index (χ0v) is 13.5. The van der Waals surface area contributed by atoms with Gasteiger partial charge in [-0.1, -0.05) is 61.9 Å². The van der Waals surface area contributed by atoms with Crippen molar-refractivity contribution in [2.45, 2.75) is 31.8 Å². The highest BCUT2D eigenvalue weighted by atomic mass is 16.6. The Morgan fingerprint density at radius 3 is 2.21 bits per heavy atom. The van der Waals surface area contributed by atoms with Gasteiger partial charge in [-0.2, -0.15) is 0 Å². The molecule has 1 aliphatic rings. The van der Waals surface area contributed by atoms with E-state index in [9.17, 15) is 9.59 Å². The lowest BCUT2D eigenvalue weighted by atomic mass is 9.91. The number of esters is 1. The van der Waals surface area contributed by atoms with Crippen LogP contribution in [0, 0.1) is 0 Å². The summed E-state index contributed by atoms with van der Waals surface area (Å²) in [6.07, 6.45) is 0.679. The normalized spacial score (nSPS) is 13.7. The molecule has 4 heteroatoms. The average Bonchev–Trinajstić information content (AvgIpc) is 2.94. The zero-order valence-electron chi connectivity index (χ0n) is 13.5. The molecule has 0 saturated carbocycles. The van der Waals surface area contributed by atoms with E-state index >= 15 is 0 Å². The van der Waals surface area contributed by atoms with Crippen molar-refractivity contribution in [3.8, 4) is 11.1 Å². The highest BCUT2D eigenvalue weighted by Gasteiger charge is 2.40. The number of carbonyl (C=O) groups is 1. The maximum absolute atomic E-state index is 12.5. The van der Waals surface area contributed by atoms with Gasteiger partial charge in [0, 0.05) is 0 Å². The van der Waals surface area contributed by atoms with Crippen molar-refractivity contribution in [1.82, 2.24) is 0 Å². The van der Waals surface area contributed by atoms with E-state index in [-0.39, 0.29) is 5.92 Å². The number of hydrogen-bond donors (Lipinski definition) is 0. The van der Waals surface area contributed by atoms with Crippen LogP contribution in [0.25, 0.3) is 11.1 Å². The van der Waals surface area contributed by atoms with Gasteiger partial charge in [0.1, 0.15) is 0 Å². The van der Waals surface area contributed by atoms with E-state index in [0.29, 0.717) is 6.61 Å². The molecule has 0 spiro atoms. The molecular formula is C20H19O4. The van der Waals surface area contributed by atoms with Crippen molar-refractivity contribution in [3.05, 3.63) is 59.7 Å². The second kappa shape index (κ2) is 7.30. The lowest BCUT2D eigenvalue weighted by Gasteiger charge is -2.22.